The Labute approximate surface area is 112 Å². The first-order valence-corrected chi connectivity index (χ1v) is 6.34. The van der Waals surface area contributed by atoms with Crippen LogP contribution in [0.1, 0.15) is 33.1 Å². The smallest absolute Gasteiger partial charge is 0.235 e. The lowest BCUT2D eigenvalue weighted by Gasteiger charge is -2.36. The lowest BCUT2D eigenvalue weighted by molar-refractivity contribution is -0.138. The van der Waals surface area contributed by atoms with Crippen molar-refractivity contribution < 1.29 is 14.8 Å². The number of carbonyl (C=O) groups is 2. The quantitative estimate of drug-likeness (QED) is 0.285. The van der Waals surface area contributed by atoms with Crippen molar-refractivity contribution in [2.45, 2.75) is 33.1 Å². The van der Waals surface area contributed by atoms with Gasteiger partial charge in [-0.2, -0.15) is 0 Å². The first-order chi connectivity index (χ1) is 8.78. The number of hydrogen-bond donors (Lipinski definition) is 3. The van der Waals surface area contributed by atoms with Crippen molar-refractivity contribution in [3.63, 3.8) is 0 Å². The van der Waals surface area contributed by atoms with Crippen LogP contribution < -0.4 is 11.5 Å². The fraction of sp³-hybridized carbons (Fsp3) is 0.750. The summed E-state index contributed by atoms with van der Waals surface area (Å²) in [5, 5.41) is 11.6. The third-order valence-corrected chi connectivity index (χ3v) is 3.67. The van der Waals surface area contributed by atoms with Gasteiger partial charge in [-0.3, -0.25) is 9.59 Å². The maximum Gasteiger partial charge on any atom is 0.235 e. The molecule has 0 saturated carbocycles. The molecule has 0 aliphatic carbocycles. The number of likely N-dealkylation sites (tertiary alicyclic amines) is 1. The molecule has 1 aliphatic heterocycles. The lowest BCUT2D eigenvalue weighted by atomic mass is 9.87. The Morgan fingerprint density at radius 2 is 1.84 bits per heavy atom. The molecule has 0 aromatic rings. The molecule has 0 aromatic carbocycles. The highest BCUT2D eigenvalue weighted by atomic mass is 16.4. The van der Waals surface area contributed by atoms with Gasteiger partial charge in [0.05, 0.1) is 0 Å². The molecule has 1 heterocycles. The number of hydrogen-bond acceptors (Lipinski definition) is 4. The number of amidine groups is 1. The van der Waals surface area contributed by atoms with Gasteiger partial charge in [0.15, 0.2) is 5.84 Å². The second-order valence-electron chi connectivity index (χ2n) is 5.52. The van der Waals surface area contributed by atoms with Crippen LogP contribution in [0.3, 0.4) is 0 Å². The van der Waals surface area contributed by atoms with Crippen LogP contribution in [-0.2, 0) is 9.59 Å². The molecule has 19 heavy (non-hydrogen) atoms. The van der Waals surface area contributed by atoms with E-state index in [2.05, 4.69) is 5.16 Å². The largest absolute Gasteiger partial charge is 0.409 e. The molecule has 1 saturated heterocycles. The van der Waals surface area contributed by atoms with E-state index < -0.39 is 5.41 Å². The zero-order valence-electron chi connectivity index (χ0n) is 11.4. The number of rotatable bonds is 4. The van der Waals surface area contributed by atoms with Crippen LogP contribution >= 0.6 is 0 Å². The Bertz CT molecular complexity index is 384. The molecular formula is C12H22N4O3. The van der Waals surface area contributed by atoms with E-state index in [1.54, 1.807) is 18.7 Å². The Morgan fingerprint density at radius 3 is 2.26 bits per heavy atom. The maximum atomic E-state index is 12.3. The fourth-order valence-corrected chi connectivity index (χ4v) is 2.25. The van der Waals surface area contributed by atoms with Gasteiger partial charge in [-0.05, 0) is 32.6 Å². The normalized spacial score (nSPS) is 18.4. The highest BCUT2D eigenvalue weighted by Crippen LogP contribution is 2.25. The van der Waals surface area contributed by atoms with Crippen molar-refractivity contribution in [2.75, 3.05) is 13.1 Å². The van der Waals surface area contributed by atoms with Crippen LogP contribution in [0.2, 0.25) is 0 Å². The lowest BCUT2D eigenvalue weighted by Crippen LogP contribution is -2.50. The summed E-state index contributed by atoms with van der Waals surface area (Å²) in [6.45, 7) is 4.39. The molecule has 1 fully saturated rings. The van der Waals surface area contributed by atoms with Crippen molar-refractivity contribution in [2.24, 2.45) is 28.0 Å². The van der Waals surface area contributed by atoms with E-state index in [1.807, 2.05) is 0 Å². The van der Waals surface area contributed by atoms with E-state index in [0.717, 1.165) is 12.8 Å². The van der Waals surface area contributed by atoms with Gasteiger partial charge in [0.1, 0.15) is 5.41 Å². The molecule has 0 atom stereocenters. The summed E-state index contributed by atoms with van der Waals surface area (Å²) in [6, 6.07) is 0. The number of oxime groups is 1. The van der Waals surface area contributed by atoms with E-state index in [4.69, 9.17) is 16.7 Å². The molecule has 5 N–H and O–H groups in total. The molecule has 108 valence electrons. The van der Waals surface area contributed by atoms with Crippen molar-refractivity contribution in [1.82, 2.24) is 4.90 Å². The van der Waals surface area contributed by atoms with Gasteiger partial charge in [0.2, 0.25) is 11.8 Å². The minimum Gasteiger partial charge on any atom is -0.409 e. The second-order valence-corrected chi connectivity index (χ2v) is 5.52. The molecule has 7 nitrogen and oxygen atoms in total. The van der Waals surface area contributed by atoms with Gasteiger partial charge >= 0.3 is 0 Å². The maximum absolute atomic E-state index is 12.3. The van der Waals surface area contributed by atoms with Crippen LogP contribution in [0, 0.1) is 11.3 Å². The average Bonchev–Trinajstić information content (AvgIpc) is 2.37. The van der Waals surface area contributed by atoms with Crippen LogP contribution in [0.5, 0.6) is 0 Å². The Hall–Kier alpha value is -1.79. The average molecular weight is 270 g/mol. The highest BCUT2D eigenvalue weighted by molar-refractivity contribution is 6.05. The molecule has 0 bridgehead atoms. The summed E-state index contributed by atoms with van der Waals surface area (Å²) in [7, 11) is 0. The van der Waals surface area contributed by atoms with E-state index >= 15 is 0 Å². The first kappa shape index (κ1) is 15.3. The monoisotopic (exact) mass is 270 g/mol. The summed E-state index contributed by atoms with van der Waals surface area (Å²) in [5.41, 5.74) is 9.69. The number of piperidine rings is 1. The van der Waals surface area contributed by atoms with Gasteiger partial charge < -0.3 is 21.6 Å². The predicted octanol–water partition coefficient (Wildman–Crippen LogP) is -0.127. The van der Waals surface area contributed by atoms with Crippen molar-refractivity contribution in [3.8, 4) is 0 Å². The molecule has 0 spiro atoms. The zero-order valence-corrected chi connectivity index (χ0v) is 11.4. The van der Waals surface area contributed by atoms with Gasteiger partial charge in [-0.15, -0.1) is 0 Å². The Balaban J connectivity index is 2.60. The van der Waals surface area contributed by atoms with E-state index in [1.165, 1.54) is 0 Å². The summed E-state index contributed by atoms with van der Waals surface area (Å²) in [6.07, 6.45) is 1.87. The van der Waals surface area contributed by atoms with Crippen LogP contribution in [0.25, 0.3) is 0 Å². The first-order valence-electron chi connectivity index (χ1n) is 6.34. The zero-order chi connectivity index (χ0) is 14.6. The van der Waals surface area contributed by atoms with E-state index in [-0.39, 0.29) is 23.6 Å². The molecule has 1 rings (SSSR count). The third-order valence-electron chi connectivity index (χ3n) is 3.67. The number of primary amides is 1. The third kappa shape index (κ3) is 3.59. The molecule has 0 unspecified atom stereocenters. The molecule has 0 aromatic heterocycles. The second kappa shape index (κ2) is 5.90. The van der Waals surface area contributed by atoms with Crippen LogP contribution in [0.4, 0.5) is 0 Å². The minimum absolute atomic E-state index is 0.100. The van der Waals surface area contributed by atoms with Crippen molar-refractivity contribution in [1.29, 1.82) is 0 Å². The van der Waals surface area contributed by atoms with Crippen LogP contribution in [0.15, 0.2) is 5.16 Å². The molecule has 2 amide bonds. The van der Waals surface area contributed by atoms with Gasteiger partial charge in [0, 0.05) is 19.5 Å². The number of carbonyl (C=O) groups excluding carboxylic acids is 2. The van der Waals surface area contributed by atoms with Gasteiger partial charge in [-0.25, -0.2) is 0 Å². The summed E-state index contributed by atoms with van der Waals surface area (Å²) in [4.78, 5) is 24.9. The topological polar surface area (TPSA) is 122 Å². The molecule has 1 aliphatic rings. The van der Waals surface area contributed by atoms with Gasteiger partial charge in [0.25, 0.3) is 0 Å². The van der Waals surface area contributed by atoms with Gasteiger partial charge in [-0.1, -0.05) is 5.16 Å². The fourth-order valence-electron chi connectivity index (χ4n) is 2.25. The predicted molar refractivity (Wildman–Crippen MR) is 70.3 cm³/mol. The Kier molecular flexibility index (Phi) is 4.74. The molecule has 0 radical (unpaired) electrons. The van der Waals surface area contributed by atoms with Crippen LogP contribution in [-0.4, -0.2) is 40.8 Å². The minimum atomic E-state index is -1.02. The van der Waals surface area contributed by atoms with Crippen molar-refractivity contribution >= 4 is 17.6 Å². The standard InChI is InChI=1S/C12H22N4O3/c1-12(2,10(14)15-19)11(18)16-5-3-8(4-6-16)7-9(13)17/h8,19H,3-7H2,1-2H3,(H2,13,17)(H2,14,15). The van der Waals surface area contributed by atoms with E-state index in [0.29, 0.717) is 19.5 Å². The highest BCUT2D eigenvalue weighted by Gasteiger charge is 2.37. The summed E-state index contributed by atoms with van der Waals surface area (Å²) < 4.78 is 0. The number of amides is 2. The molecule has 7 heteroatoms. The Morgan fingerprint density at radius 1 is 1.32 bits per heavy atom. The summed E-state index contributed by atoms with van der Waals surface area (Å²) in [5.74, 6) is -0.327. The number of nitrogens with two attached hydrogens (primary N) is 2. The number of nitrogens with zero attached hydrogens (tertiary/aromatic N) is 2. The molecular weight excluding hydrogens is 248 g/mol. The summed E-state index contributed by atoms with van der Waals surface area (Å²) >= 11 is 0. The van der Waals surface area contributed by atoms with Crippen molar-refractivity contribution in [3.05, 3.63) is 0 Å². The van der Waals surface area contributed by atoms with E-state index in [9.17, 15) is 9.59 Å². The SMILES string of the molecule is CC(C)(C(=O)N1CCC(CC(N)=O)CC1)C(N)=NO.